The van der Waals surface area contributed by atoms with E-state index in [0.29, 0.717) is 0 Å². The lowest BCUT2D eigenvalue weighted by Crippen LogP contribution is -2.32. The van der Waals surface area contributed by atoms with Crippen LogP contribution >= 0.6 is 0 Å². The maximum absolute atomic E-state index is 12.0. The predicted molar refractivity (Wildman–Crippen MR) is 98.7 cm³/mol. The van der Waals surface area contributed by atoms with E-state index in [9.17, 15) is 9.90 Å². The van der Waals surface area contributed by atoms with Crippen molar-refractivity contribution in [3.05, 3.63) is 59.2 Å². The average molecular weight is 327 g/mol. The highest BCUT2D eigenvalue weighted by Crippen LogP contribution is 2.17. The molecule has 5 nitrogen and oxygen atoms in total. The fraction of sp³-hybridized carbons (Fsp3) is 0.316. The van der Waals surface area contributed by atoms with Gasteiger partial charge in [0.1, 0.15) is 0 Å². The first-order valence-corrected chi connectivity index (χ1v) is 7.93. The van der Waals surface area contributed by atoms with E-state index in [1.807, 2.05) is 75.3 Å². The lowest BCUT2D eigenvalue weighted by molar-refractivity contribution is 0.175. The molecule has 0 bridgehead atoms. The Morgan fingerprint density at radius 1 is 1.08 bits per heavy atom. The first-order chi connectivity index (χ1) is 11.3. The second-order valence-corrected chi connectivity index (χ2v) is 6.21. The number of hydrogen-bond acceptors (Lipinski definition) is 3. The standard InChI is InChI=1S/C19H25N3O2/c1-13-9-14(2)11-16(10-13)21-19(24)20-12-18(23)15-5-7-17(8-6-15)22(3)4/h5-11,18,23H,12H2,1-4H3,(H2,20,21,24). The summed E-state index contributed by atoms with van der Waals surface area (Å²) in [5.74, 6) is 0. The van der Waals surface area contributed by atoms with E-state index >= 15 is 0 Å². The number of carbonyl (C=O) groups is 1. The minimum absolute atomic E-state index is 0.151. The number of benzene rings is 2. The molecule has 2 aromatic carbocycles. The molecule has 0 fully saturated rings. The number of aliphatic hydroxyl groups is 1. The van der Waals surface area contributed by atoms with Crippen molar-refractivity contribution in [1.82, 2.24) is 5.32 Å². The van der Waals surface area contributed by atoms with E-state index in [1.165, 1.54) is 0 Å². The highest BCUT2D eigenvalue weighted by Gasteiger charge is 2.10. The summed E-state index contributed by atoms with van der Waals surface area (Å²) in [5.41, 5.74) is 4.76. The highest BCUT2D eigenvalue weighted by atomic mass is 16.3. The first kappa shape index (κ1) is 17.8. The number of carbonyl (C=O) groups excluding carboxylic acids is 1. The third-order valence-corrected chi connectivity index (χ3v) is 3.73. The second kappa shape index (κ2) is 7.84. The van der Waals surface area contributed by atoms with Crippen LogP contribution in [0.2, 0.25) is 0 Å². The molecule has 1 unspecified atom stereocenters. The summed E-state index contributed by atoms with van der Waals surface area (Å²) >= 11 is 0. The van der Waals surface area contributed by atoms with Crippen LogP contribution in [0.25, 0.3) is 0 Å². The zero-order valence-electron chi connectivity index (χ0n) is 14.6. The van der Waals surface area contributed by atoms with Crippen LogP contribution in [0.4, 0.5) is 16.2 Å². The molecule has 0 saturated heterocycles. The minimum Gasteiger partial charge on any atom is -0.387 e. The van der Waals surface area contributed by atoms with Gasteiger partial charge in [-0.15, -0.1) is 0 Å². The number of aryl methyl sites for hydroxylation is 2. The second-order valence-electron chi connectivity index (χ2n) is 6.21. The molecule has 24 heavy (non-hydrogen) atoms. The summed E-state index contributed by atoms with van der Waals surface area (Å²) in [6, 6.07) is 13.1. The zero-order chi connectivity index (χ0) is 17.7. The van der Waals surface area contributed by atoms with Crippen LogP contribution in [0.1, 0.15) is 22.8 Å². The van der Waals surface area contributed by atoms with Gasteiger partial charge >= 0.3 is 6.03 Å². The lowest BCUT2D eigenvalue weighted by atomic mass is 10.1. The Labute approximate surface area is 143 Å². The van der Waals surface area contributed by atoms with Crippen LogP contribution in [0, 0.1) is 13.8 Å². The Morgan fingerprint density at radius 3 is 2.21 bits per heavy atom. The molecular weight excluding hydrogens is 302 g/mol. The smallest absolute Gasteiger partial charge is 0.319 e. The van der Waals surface area contributed by atoms with E-state index in [0.717, 1.165) is 28.1 Å². The number of hydrogen-bond donors (Lipinski definition) is 3. The van der Waals surface area contributed by atoms with Crippen molar-refractivity contribution in [2.45, 2.75) is 20.0 Å². The Bertz CT molecular complexity index is 676. The fourth-order valence-corrected chi connectivity index (χ4v) is 2.52. The Hall–Kier alpha value is -2.53. The summed E-state index contributed by atoms with van der Waals surface area (Å²) in [5, 5.41) is 15.7. The molecule has 0 saturated carbocycles. The van der Waals surface area contributed by atoms with Gasteiger partial charge in [0.25, 0.3) is 0 Å². The summed E-state index contributed by atoms with van der Waals surface area (Å²) < 4.78 is 0. The molecule has 128 valence electrons. The summed E-state index contributed by atoms with van der Waals surface area (Å²) in [6.07, 6.45) is -0.744. The molecule has 0 aliphatic heterocycles. The van der Waals surface area contributed by atoms with Gasteiger partial charge < -0.3 is 20.6 Å². The maximum Gasteiger partial charge on any atom is 0.319 e. The molecule has 2 amide bonds. The lowest BCUT2D eigenvalue weighted by Gasteiger charge is -2.16. The zero-order valence-corrected chi connectivity index (χ0v) is 14.6. The number of aliphatic hydroxyl groups excluding tert-OH is 1. The topological polar surface area (TPSA) is 64.6 Å². The predicted octanol–water partition coefficient (Wildman–Crippen LogP) is 3.22. The molecule has 0 aliphatic rings. The molecule has 0 radical (unpaired) electrons. The highest BCUT2D eigenvalue weighted by molar-refractivity contribution is 5.89. The molecule has 0 heterocycles. The van der Waals surface area contributed by atoms with Crippen molar-refractivity contribution >= 4 is 17.4 Å². The van der Waals surface area contributed by atoms with Crippen molar-refractivity contribution < 1.29 is 9.90 Å². The Kier molecular flexibility index (Phi) is 5.82. The van der Waals surface area contributed by atoms with E-state index in [1.54, 1.807) is 0 Å². The van der Waals surface area contributed by atoms with Gasteiger partial charge in [-0.1, -0.05) is 18.2 Å². The molecule has 3 N–H and O–H groups in total. The van der Waals surface area contributed by atoms with Gasteiger partial charge in [0.05, 0.1) is 6.10 Å². The van der Waals surface area contributed by atoms with Crippen LogP contribution in [0.3, 0.4) is 0 Å². The van der Waals surface area contributed by atoms with Gasteiger partial charge in [0, 0.05) is 32.0 Å². The first-order valence-electron chi connectivity index (χ1n) is 7.93. The molecule has 0 spiro atoms. The fourth-order valence-electron chi connectivity index (χ4n) is 2.52. The SMILES string of the molecule is Cc1cc(C)cc(NC(=O)NCC(O)c2ccc(N(C)C)cc2)c1. The Morgan fingerprint density at radius 2 is 1.67 bits per heavy atom. The van der Waals surface area contributed by atoms with Crippen LogP contribution in [-0.4, -0.2) is 31.8 Å². The number of urea groups is 1. The van der Waals surface area contributed by atoms with E-state index in [-0.39, 0.29) is 12.6 Å². The molecule has 5 heteroatoms. The molecular formula is C19H25N3O2. The third-order valence-electron chi connectivity index (χ3n) is 3.73. The summed E-state index contributed by atoms with van der Waals surface area (Å²) in [7, 11) is 3.93. The van der Waals surface area contributed by atoms with Crippen molar-refractivity contribution in [2.24, 2.45) is 0 Å². The monoisotopic (exact) mass is 327 g/mol. The number of nitrogens with one attached hydrogen (secondary N) is 2. The van der Waals surface area contributed by atoms with E-state index in [4.69, 9.17) is 0 Å². The van der Waals surface area contributed by atoms with E-state index < -0.39 is 6.10 Å². The number of rotatable bonds is 5. The quantitative estimate of drug-likeness (QED) is 0.790. The normalized spacial score (nSPS) is 11.7. The number of anilines is 2. The molecule has 1 atom stereocenters. The van der Waals surface area contributed by atoms with Gasteiger partial charge in [-0.25, -0.2) is 4.79 Å². The van der Waals surface area contributed by atoms with Crippen LogP contribution in [0.15, 0.2) is 42.5 Å². The van der Waals surface area contributed by atoms with Gasteiger partial charge in [0.15, 0.2) is 0 Å². The summed E-state index contributed by atoms with van der Waals surface area (Å²) in [6.45, 7) is 4.12. The van der Waals surface area contributed by atoms with Crippen LogP contribution in [-0.2, 0) is 0 Å². The molecule has 2 rings (SSSR count). The van der Waals surface area contributed by atoms with Crippen molar-refractivity contribution in [2.75, 3.05) is 30.9 Å². The molecule has 0 aromatic heterocycles. The third kappa shape index (κ3) is 4.99. The maximum atomic E-state index is 12.0. The largest absolute Gasteiger partial charge is 0.387 e. The molecule has 2 aromatic rings. The van der Waals surface area contributed by atoms with Crippen molar-refractivity contribution in [3.8, 4) is 0 Å². The number of amides is 2. The van der Waals surface area contributed by atoms with E-state index in [2.05, 4.69) is 10.6 Å². The van der Waals surface area contributed by atoms with Gasteiger partial charge in [-0.3, -0.25) is 0 Å². The van der Waals surface area contributed by atoms with Crippen molar-refractivity contribution in [3.63, 3.8) is 0 Å². The minimum atomic E-state index is -0.744. The van der Waals surface area contributed by atoms with Gasteiger partial charge in [0.2, 0.25) is 0 Å². The molecule has 0 aliphatic carbocycles. The van der Waals surface area contributed by atoms with Crippen LogP contribution < -0.4 is 15.5 Å². The average Bonchev–Trinajstić information content (AvgIpc) is 2.51. The number of nitrogens with zero attached hydrogens (tertiary/aromatic N) is 1. The van der Waals surface area contributed by atoms with Gasteiger partial charge in [-0.05, 0) is 54.8 Å². The Balaban J connectivity index is 1.88. The van der Waals surface area contributed by atoms with Crippen LogP contribution in [0.5, 0.6) is 0 Å². The van der Waals surface area contributed by atoms with Crippen molar-refractivity contribution in [1.29, 1.82) is 0 Å². The van der Waals surface area contributed by atoms with Gasteiger partial charge in [-0.2, -0.15) is 0 Å². The summed E-state index contributed by atoms with van der Waals surface area (Å²) in [4.78, 5) is 14.0.